The minimum Gasteiger partial charge on any atom is -0.394 e. The van der Waals surface area contributed by atoms with Crippen LogP contribution in [0.1, 0.15) is 18.2 Å². The molecule has 1 fully saturated rings. The zero-order valence-corrected chi connectivity index (χ0v) is 17.0. The minimum absolute atomic E-state index is 0.213. The number of nitrogens with two attached hydrogens (primary N) is 1. The van der Waals surface area contributed by atoms with Crippen LogP contribution in [0.15, 0.2) is 43.1 Å². The number of fused-ring (bicyclic) bond motifs is 2. The molecule has 1 aliphatic heterocycles. The Morgan fingerprint density at radius 3 is 2.97 bits per heavy atom. The van der Waals surface area contributed by atoms with Crippen LogP contribution in [0.3, 0.4) is 0 Å². The first-order chi connectivity index (χ1) is 15.6. The molecule has 6 N–H and O–H groups in total. The van der Waals surface area contributed by atoms with Crippen molar-refractivity contribution in [2.75, 3.05) is 12.3 Å². The Morgan fingerprint density at radius 1 is 1.28 bits per heavy atom. The number of nitrogens with one attached hydrogen (secondary N) is 2. The van der Waals surface area contributed by atoms with Crippen LogP contribution < -0.4 is 11.1 Å². The minimum atomic E-state index is -1.11. The summed E-state index contributed by atoms with van der Waals surface area (Å²) >= 11 is 0. The third-order valence-corrected chi connectivity index (χ3v) is 5.84. The van der Waals surface area contributed by atoms with E-state index in [1.54, 1.807) is 4.57 Å². The number of H-pyrrole nitrogens is 1. The molecular formula is C21H23N7O4. The van der Waals surface area contributed by atoms with Gasteiger partial charge in [0.1, 0.15) is 30.1 Å². The molecule has 166 valence electrons. The maximum Gasteiger partial charge on any atom is 0.220 e. The Balaban J connectivity index is 1.35. The van der Waals surface area contributed by atoms with Gasteiger partial charge in [0.25, 0.3) is 0 Å². The highest BCUT2D eigenvalue weighted by Gasteiger charge is 2.45. The summed E-state index contributed by atoms with van der Waals surface area (Å²) in [5.74, 6) is -0.0320. The average molecular weight is 437 g/mol. The molecule has 11 nitrogen and oxygen atoms in total. The molecule has 11 heteroatoms. The molecule has 4 heterocycles. The van der Waals surface area contributed by atoms with Crippen LogP contribution in [0, 0.1) is 0 Å². The normalized spacial score (nSPS) is 23.2. The van der Waals surface area contributed by atoms with Crippen molar-refractivity contribution in [3.05, 3.63) is 48.7 Å². The van der Waals surface area contributed by atoms with Gasteiger partial charge in [0.05, 0.1) is 12.9 Å². The van der Waals surface area contributed by atoms with E-state index in [9.17, 15) is 15.0 Å². The quantitative estimate of drug-likeness (QED) is 0.287. The van der Waals surface area contributed by atoms with Crippen molar-refractivity contribution >= 4 is 33.8 Å². The van der Waals surface area contributed by atoms with E-state index in [0.717, 1.165) is 16.5 Å². The zero-order valence-electron chi connectivity index (χ0n) is 17.0. The fraction of sp³-hybridized carbons (Fsp3) is 0.333. The maximum absolute atomic E-state index is 12.8. The van der Waals surface area contributed by atoms with Gasteiger partial charge in [-0.15, -0.1) is 0 Å². The predicted octanol–water partition coefficient (Wildman–Crippen LogP) is 0.258. The summed E-state index contributed by atoms with van der Waals surface area (Å²) in [6.07, 6.45) is 2.63. The predicted molar refractivity (Wildman–Crippen MR) is 115 cm³/mol. The van der Waals surface area contributed by atoms with Gasteiger partial charge in [-0.3, -0.25) is 9.36 Å². The topological polar surface area (TPSA) is 164 Å². The zero-order chi connectivity index (χ0) is 22.2. The van der Waals surface area contributed by atoms with Gasteiger partial charge in [-0.2, -0.15) is 0 Å². The lowest BCUT2D eigenvalue weighted by molar-refractivity contribution is -0.123. The Hall–Kier alpha value is -3.54. The standard InChI is InChI=1S/C21H23N7O4/c22-19-17-20(25-9-24-19)28(10-26-17)21-16(18(31)14(8-29)32-21)27-15(30)6-5-11-7-23-13-4-2-1-3-12(11)13/h1-4,7,9-10,14,16,18,21,23,29,31H,5-6,8H2,(H,27,30)(H2,22,24,25)/t14-,16-,18-,21-/m1/s1. The Labute approximate surface area is 182 Å². The first kappa shape index (κ1) is 20.4. The van der Waals surface area contributed by atoms with E-state index in [2.05, 4.69) is 25.3 Å². The molecule has 0 aliphatic carbocycles. The van der Waals surface area contributed by atoms with E-state index >= 15 is 0 Å². The number of aliphatic hydroxyl groups excluding tert-OH is 2. The summed E-state index contributed by atoms with van der Waals surface area (Å²) in [4.78, 5) is 28.3. The third kappa shape index (κ3) is 3.45. The second-order valence-electron chi connectivity index (χ2n) is 7.77. The molecule has 0 radical (unpaired) electrons. The fourth-order valence-electron chi connectivity index (χ4n) is 4.19. The molecular weight excluding hydrogens is 414 g/mol. The van der Waals surface area contributed by atoms with E-state index in [4.69, 9.17) is 10.5 Å². The van der Waals surface area contributed by atoms with Gasteiger partial charge in [0.15, 0.2) is 17.7 Å². The number of hydrogen-bond donors (Lipinski definition) is 5. The first-order valence-corrected chi connectivity index (χ1v) is 10.3. The van der Waals surface area contributed by atoms with Gasteiger partial charge in [-0.25, -0.2) is 15.0 Å². The first-order valence-electron chi connectivity index (χ1n) is 10.3. The number of amides is 1. The number of aliphatic hydroxyl groups is 2. The van der Waals surface area contributed by atoms with Crippen LogP contribution in [0.4, 0.5) is 5.82 Å². The van der Waals surface area contributed by atoms with E-state index in [0.29, 0.717) is 17.6 Å². The van der Waals surface area contributed by atoms with Crippen molar-refractivity contribution in [3.63, 3.8) is 0 Å². The summed E-state index contributed by atoms with van der Waals surface area (Å²) in [7, 11) is 0. The van der Waals surface area contributed by atoms with E-state index in [1.807, 2.05) is 30.5 Å². The number of nitrogens with zero attached hydrogens (tertiary/aromatic N) is 4. The number of imidazole rings is 1. The van der Waals surface area contributed by atoms with Crippen LogP contribution in [0.2, 0.25) is 0 Å². The lowest BCUT2D eigenvalue weighted by atomic mass is 10.1. The van der Waals surface area contributed by atoms with Gasteiger partial charge in [0, 0.05) is 23.5 Å². The number of aromatic nitrogens is 5. The van der Waals surface area contributed by atoms with Gasteiger partial charge in [0.2, 0.25) is 5.91 Å². The second-order valence-corrected chi connectivity index (χ2v) is 7.77. The summed E-state index contributed by atoms with van der Waals surface area (Å²) in [5.41, 5.74) is 8.71. The highest BCUT2D eigenvalue weighted by atomic mass is 16.5. The van der Waals surface area contributed by atoms with Crippen molar-refractivity contribution in [2.45, 2.75) is 37.3 Å². The molecule has 4 atom stereocenters. The average Bonchev–Trinajstić information content (AvgIpc) is 3.49. The third-order valence-electron chi connectivity index (χ3n) is 5.84. The molecule has 1 aliphatic rings. The number of para-hydroxylation sites is 1. The molecule has 5 rings (SSSR count). The SMILES string of the molecule is Nc1ncnc2c1ncn2[C@@H]1O[C@H](CO)[C@@H](O)[C@H]1NC(=O)CCc1c[nH]c2ccccc12. The van der Waals surface area contributed by atoms with Crippen LogP contribution >= 0.6 is 0 Å². The Kier molecular flexibility index (Phi) is 5.21. The summed E-state index contributed by atoms with van der Waals surface area (Å²) in [6, 6.07) is 7.09. The lowest BCUT2D eigenvalue weighted by Crippen LogP contribution is -2.46. The van der Waals surface area contributed by atoms with Crippen molar-refractivity contribution < 1.29 is 19.7 Å². The second kappa shape index (κ2) is 8.19. The molecule has 0 unspecified atom stereocenters. The highest BCUT2D eigenvalue weighted by Crippen LogP contribution is 2.32. The highest BCUT2D eigenvalue weighted by molar-refractivity contribution is 5.84. The van der Waals surface area contributed by atoms with Crippen LogP contribution in [0.5, 0.6) is 0 Å². The van der Waals surface area contributed by atoms with Crippen LogP contribution in [-0.4, -0.2) is 65.5 Å². The number of aromatic amines is 1. The summed E-state index contributed by atoms with van der Waals surface area (Å²) in [5, 5.41) is 24.2. The maximum atomic E-state index is 12.8. The van der Waals surface area contributed by atoms with Crippen LogP contribution in [-0.2, 0) is 16.0 Å². The number of anilines is 1. The van der Waals surface area contributed by atoms with Crippen LogP contribution in [0.25, 0.3) is 22.1 Å². The van der Waals surface area contributed by atoms with Gasteiger partial charge < -0.3 is 31.0 Å². The Morgan fingerprint density at radius 2 is 2.12 bits per heavy atom. The van der Waals surface area contributed by atoms with Crippen molar-refractivity contribution in [3.8, 4) is 0 Å². The molecule has 1 saturated heterocycles. The number of aryl methyl sites for hydroxylation is 1. The van der Waals surface area contributed by atoms with E-state index in [1.165, 1.54) is 12.7 Å². The number of nitrogen functional groups attached to an aromatic ring is 1. The van der Waals surface area contributed by atoms with Crippen molar-refractivity contribution in [1.82, 2.24) is 29.8 Å². The molecule has 1 aromatic carbocycles. The molecule has 4 aromatic rings. The van der Waals surface area contributed by atoms with Gasteiger partial charge in [-0.1, -0.05) is 18.2 Å². The number of carbonyl (C=O) groups is 1. The number of ether oxygens (including phenoxy) is 1. The molecule has 0 spiro atoms. The van der Waals surface area contributed by atoms with Gasteiger partial charge in [-0.05, 0) is 18.1 Å². The molecule has 0 bridgehead atoms. The summed E-state index contributed by atoms with van der Waals surface area (Å²) < 4.78 is 7.42. The monoisotopic (exact) mass is 437 g/mol. The molecule has 32 heavy (non-hydrogen) atoms. The largest absolute Gasteiger partial charge is 0.394 e. The number of carbonyl (C=O) groups excluding carboxylic acids is 1. The molecule has 0 saturated carbocycles. The lowest BCUT2D eigenvalue weighted by Gasteiger charge is -2.23. The fourth-order valence-corrected chi connectivity index (χ4v) is 4.19. The van der Waals surface area contributed by atoms with E-state index < -0.39 is 31.1 Å². The number of rotatable bonds is 6. The number of benzene rings is 1. The van der Waals surface area contributed by atoms with Crippen molar-refractivity contribution in [1.29, 1.82) is 0 Å². The van der Waals surface area contributed by atoms with Gasteiger partial charge >= 0.3 is 0 Å². The van der Waals surface area contributed by atoms with Crippen molar-refractivity contribution in [2.24, 2.45) is 0 Å². The van der Waals surface area contributed by atoms with E-state index in [-0.39, 0.29) is 18.1 Å². The molecule has 3 aromatic heterocycles. The summed E-state index contributed by atoms with van der Waals surface area (Å²) in [6.45, 7) is -0.400. The Bertz CT molecular complexity index is 1270. The number of hydrogen-bond acceptors (Lipinski definition) is 8. The molecule has 1 amide bonds. The smallest absolute Gasteiger partial charge is 0.220 e.